The summed E-state index contributed by atoms with van der Waals surface area (Å²) in [7, 11) is 0. The van der Waals surface area contributed by atoms with Gasteiger partial charge in [-0.3, -0.25) is 9.48 Å². The zero-order valence-electron chi connectivity index (χ0n) is 11.4. The summed E-state index contributed by atoms with van der Waals surface area (Å²) in [5.74, 6) is -0.196. The molecule has 0 bridgehead atoms. The molecule has 0 radical (unpaired) electrons. The average molecular weight is 345 g/mol. The van der Waals surface area contributed by atoms with Gasteiger partial charge in [0.05, 0.1) is 16.2 Å². The minimum atomic E-state index is -0.196. The molecule has 2 aromatic heterocycles. The van der Waals surface area contributed by atoms with Crippen molar-refractivity contribution in [1.29, 1.82) is 0 Å². The number of hydrogen-bond acceptors (Lipinski definition) is 4. The number of aryl methyl sites for hydroxylation is 1. The highest BCUT2D eigenvalue weighted by molar-refractivity contribution is 9.10. The van der Waals surface area contributed by atoms with E-state index in [0.29, 0.717) is 33.6 Å². The van der Waals surface area contributed by atoms with E-state index in [4.69, 9.17) is 5.73 Å². The third kappa shape index (κ3) is 2.31. The van der Waals surface area contributed by atoms with Crippen LogP contribution in [0.4, 0.5) is 5.69 Å². The number of rotatable bonds is 3. The fourth-order valence-electron chi connectivity index (χ4n) is 2.27. The summed E-state index contributed by atoms with van der Waals surface area (Å²) >= 11 is 3.36. The third-order valence-corrected chi connectivity index (χ3v) is 3.87. The van der Waals surface area contributed by atoms with Gasteiger partial charge in [0.2, 0.25) is 5.78 Å². The van der Waals surface area contributed by atoms with Crippen molar-refractivity contribution in [2.24, 2.45) is 0 Å². The Bertz CT molecular complexity index is 841. The quantitative estimate of drug-likeness (QED) is 0.741. The first-order valence-corrected chi connectivity index (χ1v) is 7.32. The molecule has 2 heterocycles. The molecule has 0 aliphatic rings. The molecule has 21 heavy (non-hydrogen) atoms. The van der Waals surface area contributed by atoms with Crippen LogP contribution in [0.1, 0.15) is 23.1 Å². The number of para-hydroxylation sites is 1. The first kappa shape index (κ1) is 13.8. The molecule has 1 aromatic carbocycles. The highest BCUT2D eigenvalue weighted by Gasteiger charge is 2.20. The van der Waals surface area contributed by atoms with Gasteiger partial charge >= 0.3 is 0 Å². The van der Waals surface area contributed by atoms with Crippen LogP contribution in [0.15, 0.2) is 41.0 Å². The molecule has 0 aliphatic heterocycles. The number of nitrogen functional groups attached to an aromatic ring is 1. The van der Waals surface area contributed by atoms with Crippen LogP contribution >= 0.6 is 15.9 Å². The van der Waals surface area contributed by atoms with Gasteiger partial charge in [-0.25, -0.2) is 4.98 Å². The number of pyridine rings is 1. The molecule has 6 heteroatoms. The Morgan fingerprint density at radius 3 is 2.90 bits per heavy atom. The summed E-state index contributed by atoms with van der Waals surface area (Å²) in [6, 6.07) is 9.11. The topological polar surface area (TPSA) is 73.8 Å². The minimum absolute atomic E-state index is 0.196. The molecule has 0 saturated heterocycles. The second-order valence-corrected chi connectivity index (χ2v) is 5.45. The van der Waals surface area contributed by atoms with E-state index in [1.54, 1.807) is 16.9 Å². The smallest absolute Gasteiger partial charge is 0.230 e. The highest BCUT2D eigenvalue weighted by Crippen LogP contribution is 2.24. The van der Waals surface area contributed by atoms with E-state index in [1.807, 2.05) is 31.2 Å². The summed E-state index contributed by atoms with van der Waals surface area (Å²) in [5.41, 5.74) is 8.09. The van der Waals surface area contributed by atoms with Gasteiger partial charge < -0.3 is 5.73 Å². The number of nitrogens with zero attached hydrogens (tertiary/aromatic N) is 3. The fraction of sp³-hybridized carbons (Fsp3) is 0.133. The lowest BCUT2D eigenvalue weighted by molar-refractivity contribution is 0.102. The second kappa shape index (κ2) is 5.29. The van der Waals surface area contributed by atoms with Crippen LogP contribution in [0, 0.1) is 0 Å². The molecule has 0 fully saturated rings. The average Bonchev–Trinajstić information content (AvgIpc) is 2.87. The van der Waals surface area contributed by atoms with E-state index < -0.39 is 0 Å². The molecule has 0 amide bonds. The maximum Gasteiger partial charge on any atom is 0.230 e. The Balaban J connectivity index is 2.16. The van der Waals surface area contributed by atoms with Crippen LogP contribution in [0.2, 0.25) is 0 Å². The lowest BCUT2D eigenvalue weighted by Gasteiger charge is -2.07. The third-order valence-electron chi connectivity index (χ3n) is 3.29. The van der Waals surface area contributed by atoms with E-state index in [0.717, 1.165) is 5.39 Å². The van der Waals surface area contributed by atoms with Crippen molar-refractivity contribution in [1.82, 2.24) is 14.8 Å². The lowest BCUT2D eigenvalue weighted by Crippen LogP contribution is -2.13. The zero-order chi connectivity index (χ0) is 15.0. The van der Waals surface area contributed by atoms with Crippen LogP contribution in [0.3, 0.4) is 0 Å². The number of anilines is 1. The molecule has 2 N–H and O–H groups in total. The predicted molar refractivity (Wildman–Crippen MR) is 85.2 cm³/mol. The largest absolute Gasteiger partial charge is 0.398 e. The van der Waals surface area contributed by atoms with Crippen molar-refractivity contribution in [3.63, 3.8) is 0 Å². The van der Waals surface area contributed by atoms with Gasteiger partial charge in [-0.15, -0.1) is 0 Å². The first-order chi connectivity index (χ1) is 10.1. The van der Waals surface area contributed by atoms with Crippen molar-refractivity contribution in [2.45, 2.75) is 13.5 Å². The molecule has 0 atom stereocenters. The number of ketones is 1. The number of nitrogens with two attached hydrogens (primary N) is 1. The zero-order valence-corrected chi connectivity index (χ0v) is 13.0. The molecule has 3 aromatic rings. The number of aromatic nitrogens is 3. The lowest BCUT2D eigenvalue weighted by atomic mass is 10.1. The predicted octanol–water partition coefficient (Wildman–Crippen LogP) is 3.03. The van der Waals surface area contributed by atoms with E-state index >= 15 is 0 Å². The summed E-state index contributed by atoms with van der Waals surface area (Å²) in [6.45, 7) is 2.54. The van der Waals surface area contributed by atoms with Gasteiger partial charge in [-0.05, 0) is 35.0 Å². The normalized spacial score (nSPS) is 11.0. The van der Waals surface area contributed by atoms with Crippen LogP contribution in [0.5, 0.6) is 0 Å². The van der Waals surface area contributed by atoms with E-state index in [-0.39, 0.29) is 5.78 Å². The van der Waals surface area contributed by atoms with Crippen molar-refractivity contribution in [2.75, 3.05) is 5.73 Å². The molecule has 3 rings (SSSR count). The van der Waals surface area contributed by atoms with Crippen LogP contribution in [-0.4, -0.2) is 20.5 Å². The molecule has 106 valence electrons. The second-order valence-electron chi connectivity index (χ2n) is 4.60. The van der Waals surface area contributed by atoms with Crippen molar-refractivity contribution in [3.05, 3.63) is 52.4 Å². The maximum atomic E-state index is 12.7. The number of hydrogen-bond donors (Lipinski definition) is 1. The number of carbonyl (C=O) groups excluding carboxylic acids is 1. The molecular formula is C15H13BrN4O. The van der Waals surface area contributed by atoms with Gasteiger partial charge in [0.25, 0.3) is 0 Å². The van der Waals surface area contributed by atoms with Crippen molar-refractivity contribution >= 4 is 38.3 Å². The van der Waals surface area contributed by atoms with E-state index in [9.17, 15) is 4.79 Å². The molecule has 0 unspecified atom stereocenters. The number of fused-ring (bicyclic) bond motifs is 1. The van der Waals surface area contributed by atoms with E-state index in [1.165, 1.54) is 0 Å². The van der Waals surface area contributed by atoms with Crippen LogP contribution in [0.25, 0.3) is 10.9 Å². The van der Waals surface area contributed by atoms with E-state index in [2.05, 4.69) is 26.0 Å². The molecule has 0 spiro atoms. The summed E-state index contributed by atoms with van der Waals surface area (Å²) in [5, 5.41) is 5.00. The Morgan fingerprint density at radius 1 is 1.38 bits per heavy atom. The van der Waals surface area contributed by atoms with Gasteiger partial charge in [0, 0.05) is 17.6 Å². The standard InChI is InChI=1S/C15H13BrN4O/c1-2-20-14(10(16)8-18-20)15(21)13-7-11(17)9-5-3-4-6-12(9)19-13/h3-8H,2H2,1H3,(H2,17,19). The summed E-state index contributed by atoms with van der Waals surface area (Å²) in [4.78, 5) is 17.1. The fourth-order valence-corrected chi connectivity index (χ4v) is 2.74. The molecule has 5 nitrogen and oxygen atoms in total. The van der Waals surface area contributed by atoms with Gasteiger partial charge in [-0.2, -0.15) is 5.10 Å². The summed E-state index contributed by atoms with van der Waals surface area (Å²) in [6.07, 6.45) is 1.61. The first-order valence-electron chi connectivity index (χ1n) is 6.53. The molecular weight excluding hydrogens is 332 g/mol. The molecule has 0 saturated carbocycles. The van der Waals surface area contributed by atoms with Crippen molar-refractivity contribution in [3.8, 4) is 0 Å². The maximum absolute atomic E-state index is 12.7. The molecule has 0 aliphatic carbocycles. The van der Waals surface area contributed by atoms with Crippen LogP contribution < -0.4 is 5.73 Å². The van der Waals surface area contributed by atoms with Crippen LogP contribution in [-0.2, 0) is 6.54 Å². The van der Waals surface area contributed by atoms with Crippen molar-refractivity contribution < 1.29 is 4.79 Å². The van der Waals surface area contributed by atoms with Gasteiger partial charge in [0.1, 0.15) is 11.4 Å². The Labute approximate surface area is 129 Å². The Hall–Kier alpha value is -2.21. The highest BCUT2D eigenvalue weighted by atomic mass is 79.9. The monoisotopic (exact) mass is 344 g/mol. The SMILES string of the molecule is CCn1ncc(Br)c1C(=O)c1cc(N)c2ccccc2n1. The summed E-state index contributed by atoms with van der Waals surface area (Å²) < 4.78 is 2.29. The number of benzene rings is 1. The Morgan fingerprint density at radius 2 is 2.14 bits per heavy atom. The van der Waals surface area contributed by atoms with Gasteiger partial charge in [-0.1, -0.05) is 18.2 Å². The number of carbonyl (C=O) groups is 1. The Kier molecular flexibility index (Phi) is 3.47. The minimum Gasteiger partial charge on any atom is -0.398 e. The number of halogens is 1. The van der Waals surface area contributed by atoms with Gasteiger partial charge in [0.15, 0.2) is 0 Å².